The maximum absolute atomic E-state index is 13.5. The molecule has 0 atom stereocenters. The normalized spacial score (nSPS) is 10.9. The topological polar surface area (TPSA) is 40.7 Å². The van der Waals surface area contributed by atoms with Gasteiger partial charge in [0.05, 0.1) is 12.1 Å². The van der Waals surface area contributed by atoms with Crippen LogP contribution in [0, 0.1) is 11.6 Å². The molecule has 6 heteroatoms. The second-order valence-electron chi connectivity index (χ2n) is 4.33. The van der Waals surface area contributed by atoms with Gasteiger partial charge in [0.15, 0.2) is 5.82 Å². The summed E-state index contributed by atoms with van der Waals surface area (Å²) >= 11 is 5.79. The van der Waals surface area contributed by atoms with Crippen molar-refractivity contribution < 1.29 is 8.78 Å². The van der Waals surface area contributed by atoms with Crippen molar-refractivity contribution in [2.75, 3.05) is 5.32 Å². The first-order valence-corrected chi connectivity index (χ1v) is 6.33. The van der Waals surface area contributed by atoms with Gasteiger partial charge in [-0.25, -0.2) is 13.8 Å². The third-order valence-electron chi connectivity index (χ3n) is 2.86. The van der Waals surface area contributed by atoms with E-state index in [1.165, 1.54) is 6.07 Å². The molecule has 2 aromatic carbocycles. The van der Waals surface area contributed by atoms with Crippen molar-refractivity contribution in [3.05, 3.63) is 58.9 Å². The summed E-state index contributed by atoms with van der Waals surface area (Å²) in [4.78, 5) is 6.98. The van der Waals surface area contributed by atoms with E-state index in [0.717, 1.165) is 11.8 Å². The van der Waals surface area contributed by atoms with Gasteiger partial charge in [-0.05, 0) is 30.3 Å². The van der Waals surface area contributed by atoms with E-state index in [9.17, 15) is 8.78 Å². The number of fused-ring (bicyclic) bond motifs is 1. The number of aromatic nitrogens is 2. The maximum atomic E-state index is 13.5. The number of hydrogen-bond acceptors (Lipinski definition) is 2. The fourth-order valence-corrected chi connectivity index (χ4v) is 2.06. The number of aromatic amines is 1. The number of nitrogens with zero attached hydrogens (tertiary/aromatic N) is 1. The van der Waals surface area contributed by atoms with Crippen LogP contribution < -0.4 is 5.32 Å². The molecule has 0 spiro atoms. The Bertz CT molecular complexity index is 753. The molecule has 0 amide bonds. The van der Waals surface area contributed by atoms with Gasteiger partial charge >= 0.3 is 0 Å². The summed E-state index contributed by atoms with van der Waals surface area (Å²) in [5.41, 5.74) is 1.34. The van der Waals surface area contributed by atoms with Gasteiger partial charge in [0.1, 0.15) is 17.2 Å². The standard InChI is InChI=1S/C14H10ClF2N3/c15-8-1-3-10(4-2-8)18-7-13-19-12-6-9(16)5-11(17)14(12)20-13/h1-6,18H,7H2,(H,19,20). The summed E-state index contributed by atoms with van der Waals surface area (Å²) in [6.07, 6.45) is 0. The number of halogens is 3. The van der Waals surface area contributed by atoms with Crippen LogP contribution in [-0.2, 0) is 6.54 Å². The second-order valence-corrected chi connectivity index (χ2v) is 4.76. The van der Waals surface area contributed by atoms with Gasteiger partial charge in [0.25, 0.3) is 0 Å². The fourth-order valence-electron chi connectivity index (χ4n) is 1.93. The van der Waals surface area contributed by atoms with Crippen LogP contribution in [-0.4, -0.2) is 9.97 Å². The monoisotopic (exact) mass is 293 g/mol. The number of imidazole rings is 1. The highest BCUT2D eigenvalue weighted by molar-refractivity contribution is 6.30. The van der Waals surface area contributed by atoms with E-state index in [1.54, 1.807) is 12.1 Å². The Morgan fingerprint density at radius 1 is 1.15 bits per heavy atom. The zero-order valence-electron chi connectivity index (χ0n) is 10.3. The Labute approximate surface area is 118 Å². The number of hydrogen-bond donors (Lipinski definition) is 2. The SMILES string of the molecule is Fc1cc(F)c2nc(CNc3ccc(Cl)cc3)[nH]c2c1. The summed E-state index contributed by atoms with van der Waals surface area (Å²) in [5.74, 6) is -0.774. The first-order valence-electron chi connectivity index (χ1n) is 5.95. The predicted molar refractivity (Wildman–Crippen MR) is 74.8 cm³/mol. The van der Waals surface area contributed by atoms with E-state index in [0.29, 0.717) is 22.9 Å². The minimum Gasteiger partial charge on any atom is -0.378 e. The van der Waals surface area contributed by atoms with E-state index in [1.807, 2.05) is 12.1 Å². The number of benzene rings is 2. The van der Waals surface area contributed by atoms with E-state index < -0.39 is 11.6 Å². The smallest absolute Gasteiger partial charge is 0.153 e. The molecule has 3 rings (SSSR count). The molecular formula is C14H10ClF2N3. The van der Waals surface area contributed by atoms with Crippen molar-refractivity contribution in [3.63, 3.8) is 0 Å². The van der Waals surface area contributed by atoms with Crippen molar-refractivity contribution in [2.24, 2.45) is 0 Å². The maximum Gasteiger partial charge on any atom is 0.153 e. The minimum absolute atomic E-state index is 0.138. The molecule has 0 radical (unpaired) electrons. The molecule has 102 valence electrons. The Hall–Kier alpha value is -2.14. The molecule has 0 fully saturated rings. The van der Waals surface area contributed by atoms with Crippen LogP contribution in [0.4, 0.5) is 14.5 Å². The molecule has 1 heterocycles. The van der Waals surface area contributed by atoms with Crippen LogP contribution >= 0.6 is 11.6 Å². The molecule has 3 nitrogen and oxygen atoms in total. The van der Waals surface area contributed by atoms with Gasteiger partial charge in [-0.3, -0.25) is 0 Å². The molecular weight excluding hydrogens is 284 g/mol. The van der Waals surface area contributed by atoms with Gasteiger partial charge in [-0.2, -0.15) is 0 Å². The highest BCUT2D eigenvalue weighted by Gasteiger charge is 2.09. The first-order chi connectivity index (χ1) is 9.61. The molecule has 0 saturated carbocycles. The van der Waals surface area contributed by atoms with Gasteiger partial charge in [-0.1, -0.05) is 11.6 Å². The lowest BCUT2D eigenvalue weighted by atomic mass is 10.3. The zero-order chi connectivity index (χ0) is 14.1. The van der Waals surface area contributed by atoms with E-state index in [-0.39, 0.29) is 5.52 Å². The van der Waals surface area contributed by atoms with Crippen LogP contribution in [0.1, 0.15) is 5.82 Å². The van der Waals surface area contributed by atoms with Crippen molar-refractivity contribution >= 4 is 28.3 Å². The number of rotatable bonds is 3. The van der Waals surface area contributed by atoms with Crippen molar-refractivity contribution in [1.82, 2.24) is 9.97 Å². The molecule has 1 aromatic heterocycles. The average molecular weight is 294 g/mol. The highest BCUT2D eigenvalue weighted by atomic mass is 35.5. The molecule has 0 aliphatic carbocycles. The van der Waals surface area contributed by atoms with Crippen molar-refractivity contribution in [3.8, 4) is 0 Å². The van der Waals surface area contributed by atoms with E-state index in [2.05, 4.69) is 15.3 Å². The second kappa shape index (κ2) is 5.09. The van der Waals surface area contributed by atoms with Crippen molar-refractivity contribution in [1.29, 1.82) is 0 Å². The molecule has 2 N–H and O–H groups in total. The Balaban J connectivity index is 1.81. The van der Waals surface area contributed by atoms with Crippen LogP contribution in [0.5, 0.6) is 0 Å². The summed E-state index contributed by atoms with van der Waals surface area (Å²) in [7, 11) is 0. The lowest BCUT2D eigenvalue weighted by Gasteiger charge is -2.03. The van der Waals surface area contributed by atoms with E-state index >= 15 is 0 Å². The molecule has 0 aliphatic rings. The molecule has 0 aliphatic heterocycles. The molecule has 0 bridgehead atoms. The van der Waals surface area contributed by atoms with Gasteiger partial charge in [0.2, 0.25) is 0 Å². The lowest BCUT2D eigenvalue weighted by Crippen LogP contribution is -2.00. The Morgan fingerprint density at radius 3 is 2.65 bits per heavy atom. The lowest BCUT2D eigenvalue weighted by molar-refractivity contribution is 0.590. The van der Waals surface area contributed by atoms with E-state index in [4.69, 9.17) is 11.6 Å². The Kier molecular flexibility index (Phi) is 3.28. The van der Waals surface area contributed by atoms with Crippen molar-refractivity contribution in [2.45, 2.75) is 6.54 Å². The summed E-state index contributed by atoms with van der Waals surface area (Å²) in [6.45, 7) is 0.372. The van der Waals surface area contributed by atoms with Gasteiger partial charge in [0, 0.05) is 16.8 Å². The summed E-state index contributed by atoms with van der Waals surface area (Å²) in [6, 6.07) is 9.21. The largest absolute Gasteiger partial charge is 0.378 e. The summed E-state index contributed by atoms with van der Waals surface area (Å²) < 4.78 is 26.6. The third-order valence-corrected chi connectivity index (χ3v) is 3.11. The number of H-pyrrole nitrogens is 1. The molecule has 0 saturated heterocycles. The molecule has 3 aromatic rings. The predicted octanol–water partition coefficient (Wildman–Crippen LogP) is 4.11. The molecule has 0 unspecified atom stereocenters. The quantitative estimate of drug-likeness (QED) is 0.763. The average Bonchev–Trinajstić information content (AvgIpc) is 2.81. The molecule has 20 heavy (non-hydrogen) atoms. The third kappa shape index (κ3) is 2.58. The van der Waals surface area contributed by atoms with Gasteiger partial charge in [-0.15, -0.1) is 0 Å². The van der Waals surface area contributed by atoms with Gasteiger partial charge < -0.3 is 10.3 Å². The first kappa shape index (κ1) is 12.9. The zero-order valence-corrected chi connectivity index (χ0v) is 11.0. The van der Waals surface area contributed by atoms with Crippen LogP contribution in [0.2, 0.25) is 5.02 Å². The van der Waals surface area contributed by atoms with Crippen LogP contribution in [0.15, 0.2) is 36.4 Å². The highest BCUT2D eigenvalue weighted by Crippen LogP contribution is 2.18. The summed E-state index contributed by atoms with van der Waals surface area (Å²) in [5, 5.41) is 3.76. The fraction of sp³-hybridized carbons (Fsp3) is 0.0714. The minimum atomic E-state index is -0.672. The number of anilines is 1. The van der Waals surface area contributed by atoms with Crippen LogP contribution in [0.25, 0.3) is 11.0 Å². The number of nitrogens with one attached hydrogen (secondary N) is 2. The Morgan fingerprint density at radius 2 is 1.90 bits per heavy atom. The van der Waals surface area contributed by atoms with Crippen LogP contribution in [0.3, 0.4) is 0 Å².